The Balaban J connectivity index is 1.72. The Labute approximate surface area is 175 Å². The van der Waals surface area contributed by atoms with Gasteiger partial charge >= 0.3 is 5.97 Å². The molecule has 168 valence electrons. The summed E-state index contributed by atoms with van der Waals surface area (Å²) in [5.41, 5.74) is 17.3. The van der Waals surface area contributed by atoms with E-state index >= 15 is 0 Å². The zero-order valence-electron chi connectivity index (χ0n) is 16.3. The van der Waals surface area contributed by atoms with Gasteiger partial charge in [-0.3, -0.25) is 14.8 Å². The molecule has 31 heavy (non-hydrogen) atoms. The summed E-state index contributed by atoms with van der Waals surface area (Å²) in [6, 6.07) is -2.23. The van der Waals surface area contributed by atoms with Crippen molar-refractivity contribution in [1.82, 2.24) is 30.2 Å². The van der Waals surface area contributed by atoms with Crippen molar-refractivity contribution < 1.29 is 24.5 Å². The quantitative estimate of drug-likeness (QED) is 0.116. The summed E-state index contributed by atoms with van der Waals surface area (Å²) < 4.78 is 6.84. The average molecular weight is 436 g/mol. The third kappa shape index (κ3) is 4.62. The van der Waals surface area contributed by atoms with E-state index in [0.717, 1.165) is 0 Å². The Hall–Kier alpha value is -3.56. The van der Waals surface area contributed by atoms with Crippen LogP contribution in [-0.4, -0.2) is 78.4 Å². The molecule has 1 amide bonds. The Bertz CT molecular complexity index is 981. The number of aliphatic hydroxyl groups excluding tert-OH is 1. The fourth-order valence-electron chi connectivity index (χ4n) is 3.28. The van der Waals surface area contributed by atoms with Crippen LogP contribution in [0.2, 0.25) is 0 Å². The first-order valence-electron chi connectivity index (χ1n) is 9.34. The first kappa shape index (κ1) is 22.1. The number of hydrogen-bond donors (Lipinski definition) is 8. The lowest BCUT2D eigenvalue weighted by Gasteiger charge is -2.22. The molecule has 3 heterocycles. The number of carbonyl (C=O) groups excluding carboxylic acids is 1. The summed E-state index contributed by atoms with van der Waals surface area (Å²) >= 11 is 0. The summed E-state index contributed by atoms with van der Waals surface area (Å²) in [6.45, 7) is 0.351. The minimum atomic E-state index is -1.54. The molecule has 3 rings (SSSR count). The first-order valence-corrected chi connectivity index (χ1v) is 9.34. The number of hydrogen-bond acceptors (Lipinski definition) is 10. The number of nitrogens with two attached hydrogens (primary N) is 3. The third-order valence-corrected chi connectivity index (χ3v) is 4.83. The molecule has 11 N–H and O–H groups in total. The molecule has 15 heteroatoms. The summed E-state index contributed by atoms with van der Waals surface area (Å²) in [5.74, 6) is -2.10. The number of carboxylic acid groups (broad SMARTS) is 1. The average Bonchev–Trinajstić information content (AvgIpc) is 3.27. The molecule has 0 bridgehead atoms. The molecular formula is C16H24N10O5. The summed E-state index contributed by atoms with van der Waals surface area (Å²) in [6.07, 6.45) is -0.977. The molecule has 0 radical (unpaired) electrons. The van der Waals surface area contributed by atoms with Gasteiger partial charge in [0.1, 0.15) is 17.9 Å². The van der Waals surface area contributed by atoms with E-state index in [1.165, 1.54) is 17.2 Å². The predicted octanol–water partition coefficient (Wildman–Crippen LogP) is -3.17. The van der Waals surface area contributed by atoms with Gasteiger partial charge in [0.25, 0.3) is 0 Å². The van der Waals surface area contributed by atoms with Gasteiger partial charge in [-0.1, -0.05) is 0 Å². The fraction of sp³-hybridized carbons (Fsp3) is 0.500. The molecule has 2 aromatic rings. The number of rotatable bonds is 8. The van der Waals surface area contributed by atoms with Crippen molar-refractivity contribution in [3.8, 4) is 0 Å². The van der Waals surface area contributed by atoms with Crippen molar-refractivity contribution in [2.24, 2.45) is 11.5 Å². The highest BCUT2D eigenvalue weighted by molar-refractivity contribution is 5.84. The molecule has 1 saturated heterocycles. The van der Waals surface area contributed by atoms with E-state index in [1.807, 2.05) is 0 Å². The minimum absolute atomic E-state index is 0.112. The topological polar surface area (TPSA) is 253 Å². The van der Waals surface area contributed by atoms with Gasteiger partial charge < -0.3 is 42.8 Å². The predicted molar refractivity (Wildman–Crippen MR) is 106 cm³/mol. The lowest BCUT2D eigenvalue weighted by molar-refractivity contribution is -0.152. The Morgan fingerprint density at radius 2 is 2.10 bits per heavy atom. The van der Waals surface area contributed by atoms with Gasteiger partial charge in [0, 0.05) is 6.54 Å². The van der Waals surface area contributed by atoms with Crippen LogP contribution < -0.4 is 27.8 Å². The van der Waals surface area contributed by atoms with Crippen LogP contribution in [0.4, 0.5) is 5.82 Å². The largest absolute Gasteiger partial charge is 0.479 e. The number of nitrogen functional groups attached to an aromatic ring is 1. The Morgan fingerprint density at radius 3 is 2.77 bits per heavy atom. The number of imidazole rings is 1. The summed E-state index contributed by atoms with van der Waals surface area (Å²) in [5, 5.41) is 32.4. The second-order valence-electron chi connectivity index (χ2n) is 6.98. The number of ether oxygens (including phenoxy) is 1. The number of carbonyl (C=O) groups is 2. The lowest BCUT2D eigenvalue weighted by Crippen LogP contribution is -2.54. The number of aliphatic hydroxyl groups is 1. The molecule has 2 aromatic heterocycles. The molecule has 0 spiro atoms. The maximum atomic E-state index is 12.5. The zero-order valence-corrected chi connectivity index (χ0v) is 16.3. The molecule has 0 unspecified atom stereocenters. The minimum Gasteiger partial charge on any atom is -0.479 e. The zero-order chi connectivity index (χ0) is 22.7. The maximum absolute atomic E-state index is 12.5. The number of anilines is 1. The number of carboxylic acids is 1. The van der Waals surface area contributed by atoms with E-state index in [9.17, 15) is 19.8 Å². The highest BCUT2D eigenvalue weighted by Gasteiger charge is 2.49. The van der Waals surface area contributed by atoms with Crippen molar-refractivity contribution in [3.05, 3.63) is 12.7 Å². The van der Waals surface area contributed by atoms with Gasteiger partial charge in [0.15, 0.2) is 29.8 Å². The van der Waals surface area contributed by atoms with E-state index < -0.39 is 42.4 Å². The molecule has 0 saturated carbocycles. The highest BCUT2D eigenvalue weighted by Crippen LogP contribution is 2.32. The highest BCUT2D eigenvalue weighted by atomic mass is 16.6. The van der Waals surface area contributed by atoms with Gasteiger partial charge in [0.05, 0.1) is 18.4 Å². The fourth-order valence-corrected chi connectivity index (χ4v) is 3.28. The lowest BCUT2D eigenvalue weighted by atomic mass is 10.1. The van der Waals surface area contributed by atoms with Gasteiger partial charge in [-0.05, 0) is 12.8 Å². The number of guanidine groups is 1. The summed E-state index contributed by atoms with van der Waals surface area (Å²) in [7, 11) is 0. The van der Waals surface area contributed by atoms with E-state index in [2.05, 4.69) is 25.6 Å². The molecule has 5 atom stereocenters. The van der Waals surface area contributed by atoms with Crippen LogP contribution in [0.1, 0.15) is 19.1 Å². The van der Waals surface area contributed by atoms with E-state index in [-0.39, 0.29) is 29.4 Å². The van der Waals surface area contributed by atoms with Gasteiger partial charge in [-0.15, -0.1) is 0 Å². The monoisotopic (exact) mass is 436 g/mol. The summed E-state index contributed by atoms with van der Waals surface area (Å²) in [4.78, 5) is 36.1. The normalized spacial score (nSPS) is 24.1. The molecule has 0 aliphatic carbocycles. The van der Waals surface area contributed by atoms with Gasteiger partial charge in [-0.25, -0.2) is 19.7 Å². The SMILES string of the molecule is N=C(N)NCCC[C@H](N)C(=O)N[C@H]1[C@@H](O)[C@H](n2cnc3c(N)ncnc32)O[C@@H]1C(=O)O. The van der Waals surface area contributed by atoms with Gasteiger partial charge in [0.2, 0.25) is 5.91 Å². The molecular weight excluding hydrogens is 412 g/mol. The number of nitrogens with zero attached hydrogens (tertiary/aromatic N) is 4. The van der Waals surface area contributed by atoms with Crippen molar-refractivity contribution in [2.45, 2.75) is 43.4 Å². The van der Waals surface area contributed by atoms with Crippen LogP contribution in [-0.2, 0) is 14.3 Å². The van der Waals surface area contributed by atoms with Crippen LogP contribution in [0, 0.1) is 5.41 Å². The number of aromatic nitrogens is 4. The van der Waals surface area contributed by atoms with Crippen molar-refractivity contribution in [1.29, 1.82) is 5.41 Å². The molecule has 1 aliphatic heterocycles. The van der Waals surface area contributed by atoms with Crippen molar-refractivity contribution in [2.75, 3.05) is 12.3 Å². The third-order valence-electron chi connectivity index (χ3n) is 4.83. The maximum Gasteiger partial charge on any atom is 0.335 e. The molecule has 15 nitrogen and oxygen atoms in total. The van der Waals surface area contributed by atoms with E-state index in [0.29, 0.717) is 13.0 Å². The second-order valence-corrected chi connectivity index (χ2v) is 6.98. The molecule has 1 aliphatic rings. The number of nitrogens with one attached hydrogen (secondary N) is 3. The van der Waals surface area contributed by atoms with Crippen molar-refractivity contribution >= 4 is 34.8 Å². The van der Waals surface area contributed by atoms with Crippen LogP contribution >= 0.6 is 0 Å². The van der Waals surface area contributed by atoms with E-state index in [1.54, 1.807) is 0 Å². The van der Waals surface area contributed by atoms with Crippen LogP contribution in [0.3, 0.4) is 0 Å². The molecule has 0 aromatic carbocycles. The second kappa shape index (κ2) is 9.07. The van der Waals surface area contributed by atoms with Gasteiger partial charge in [-0.2, -0.15) is 0 Å². The van der Waals surface area contributed by atoms with Crippen LogP contribution in [0.15, 0.2) is 12.7 Å². The number of amides is 1. The van der Waals surface area contributed by atoms with E-state index in [4.69, 9.17) is 27.3 Å². The Morgan fingerprint density at radius 1 is 1.35 bits per heavy atom. The Kier molecular flexibility index (Phi) is 6.47. The number of fused-ring (bicyclic) bond motifs is 1. The smallest absolute Gasteiger partial charge is 0.335 e. The van der Waals surface area contributed by atoms with Crippen LogP contribution in [0.25, 0.3) is 11.2 Å². The first-order chi connectivity index (χ1) is 14.7. The standard InChI is InChI=1S/C16H24N10O5/c17-6(2-1-3-21-16(19)20)13(28)25-7-9(27)14(31-10(7)15(29)30)26-5-24-8-11(18)22-4-23-12(8)26/h4-7,9-10,14,27H,1-3,17H2,(H,25,28)(H,29,30)(H2,18,22,23)(H4,19,20,21)/t6-,7-,9+,10-,14+/m0/s1. The molecule has 1 fully saturated rings. The van der Waals surface area contributed by atoms with Crippen molar-refractivity contribution in [3.63, 3.8) is 0 Å². The number of aliphatic carboxylic acids is 1. The van der Waals surface area contributed by atoms with Crippen LogP contribution in [0.5, 0.6) is 0 Å².